The van der Waals surface area contributed by atoms with Crippen LogP contribution < -0.4 is 5.32 Å². The average Bonchev–Trinajstić information content (AvgIpc) is 3.29. The van der Waals surface area contributed by atoms with E-state index in [0.717, 1.165) is 11.3 Å². The van der Waals surface area contributed by atoms with E-state index in [1.54, 1.807) is 0 Å². The van der Waals surface area contributed by atoms with Crippen molar-refractivity contribution in [1.29, 1.82) is 0 Å². The maximum absolute atomic E-state index is 12.9. The van der Waals surface area contributed by atoms with Crippen molar-refractivity contribution >= 4 is 61.2 Å². The lowest BCUT2D eigenvalue weighted by Gasteiger charge is -2.28. The van der Waals surface area contributed by atoms with Crippen molar-refractivity contribution in [2.24, 2.45) is 23.7 Å². The summed E-state index contributed by atoms with van der Waals surface area (Å²) in [5.41, 5.74) is 0.356. The minimum absolute atomic E-state index is 0.0633. The van der Waals surface area contributed by atoms with Crippen molar-refractivity contribution in [2.75, 3.05) is 18.5 Å². The third-order valence-corrected chi connectivity index (χ3v) is 9.06. The highest BCUT2D eigenvalue weighted by molar-refractivity contribution is 9.12. The minimum Gasteiger partial charge on any atom is -0.454 e. The second-order valence-electron chi connectivity index (χ2n) is 7.48. The van der Waals surface area contributed by atoms with Gasteiger partial charge in [-0.25, -0.2) is 4.39 Å². The van der Waals surface area contributed by atoms with Crippen molar-refractivity contribution in [1.82, 2.24) is 4.90 Å². The zero-order valence-electron chi connectivity index (χ0n) is 15.0. The summed E-state index contributed by atoms with van der Waals surface area (Å²) in [6.07, 6.45) is 0.806. The standard InChI is InChI=1S/C19H17Br2FN2O5/c20-16-10-5-11(17(16)21)15-14(10)18(27)24(19(15)28)6-13(26)29-7-12(25)23-9-3-1-8(22)2-4-9/h1-4,10-11,14-17H,5-7H2,(H,23,25)/t10-,11-,14-,15+,16+,17+/m1/s1. The van der Waals surface area contributed by atoms with Crippen molar-refractivity contribution in [2.45, 2.75) is 16.1 Å². The van der Waals surface area contributed by atoms with Crippen LogP contribution in [0, 0.1) is 29.5 Å². The molecule has 2 bridgehead atoms. The van der Waals surface area contributed by atoms with Crippen LogP contribution in [-0.4, -0.2) is 51.4 Å². The van der Waals surface area contributed by atoms with Gasteiger partial charge in [-0.3, -0.25) is 24.1 Å². The summed E-state index contributed by atoms with van der Waals surface area (Å²) in [5, 5.41) is 2.46. The van der Waals surface area contributed by atoms with E-state index in [1.165, 1.54) is 24.3 Å². The second kappa shape index (κ2) is 7.79. The summed E-state index contributed by atoms with van der Waals surface area (Å²) >= 11 is 7.20. The highest BCUT2D eigenvalue weighted by Crippen LogP contribution is 2.60. The zero-order valence-corrected chi connectivity index (χ0v) is 18.2. The SMILES string of the molecule is O=C(COC(=O)CN1C(=O)[C@@H]2[C@H]3C[C@@H]([C@H](Br)[C@H]3Br)[C@@H]2C1=O)Nc1ccc(F)cc1. The molecular weight excluding hydrogens is 515 g/mol. The molecule has 10 heteroatoms. The summed E-state index contributed by atoms with van der Waals surface area (Å²) in [6.45, 7) is -1.08. The average molecular weight is 532 g/mol. The lowest BCUT2D eigenvalue weighted by atomic mass is 9.81. The molecule has 1 N–H and O–H groups in total. The number of ether oxygens (including phenoxy) is 1. The molecule has 154 valence electrons. The van der Waals surface area contributed by atoms with Gasteiger partial charge in [0, 0.05) is 15.3 Å². The fraction of sp³-hybridized carbons (Fsp3) is 0.474. The van der Waals surface area contributed by atoms with Gasteiger partial charge in [0.25, 0.3) is 5.91 Å². The number of benzene rings is 1. The predicted octanol–water partition coefficient (Wildman–Crippen LogP) is 2.09. The first-order valence-electron chi connectivity index (χ1n) is 9.12. The maximum Gasteiger partial charge on any atom is 0.326 e. The normalized spacial score (nSPS) is 32.4. The summed E-state index contributed by atoms with van der Waals surface area (Å²) in [6, 6.07) is 5.12. The summed E-state index contributed by atoms with van der Waals surface area (Å²) in [5.74, 6) is -3.25. The Morgan fingerprint density at radius 3 is 2.17 bits per heavy atom. The van der Waals surface area contributed by atoms with Gasteiger partial charge in [0.05, 0.1) is 11.8 Å². The van der Waals surface area contributed by atoms with Gasteiger partial charge in [0.15, 0.2) is 6.61 Å². The number of carbonyl (C=O) groups excluding carboxylic acids is 4. The number of esters is 1. The molecule has 1 heterocycles. The molecule has 1 aliphatic heterocycles. The van der Waals surface area contributed by atoms with Crippen LogP contribution in [0.15, 0.2) is 24.3 Å². The van der Waals surface area contributed by atoms with E-state index in [0.29, 0.717) is 5.69 Å². The number of alkyl halides is 2. The Morgan fingerprint density at radius 2 is 1.62 bits per heavy atom. The number of anilines is 1. The van der Waals surface area contributed by atoms with Crippen molar-refractivity contribution < 1.29 is 28.3 Å². The molecule has 1 aromatic carbocycles. The Labute approximate surface area is 182 Å². The molecule has 0 unspecified atom stereocenters. The number of rotatable bonds is 5. The molecule has 7 nitrogen and oxygen atoms in total. The van der Waals surface area contributed by atoms with Crippen molar-refractivity contribution in [3.63, 3.8) is 0 Å². The van der Waals surface area contributed by atoms with Crippen molar-refractivity contribution in [3.05, 3.63) is 30.1 Å². The molecule has 3 fully saturated rings. The van der Waals surface area contributed by atoms with E-state index in [4.69, 9.17) is 4.74 Å². The monoisotopic (exact) mass is 530 g/mol. The molecule has 29 heavy (non-hydrogen) atoms. The quantitative estimate of drug-likeness (QED) is 0.357. The zero-order chi connectivity index (χ0) is 20.9. The van der Waals surface area contributed by atoms with Gasteiger partial charge in [0.2, 0.25) is 11.8 Å². The summed E-state index contributed by atoms with van der Waals surface area (Å²) in [7, 11) is 0. The van der Waals surface area contributed by atoms with Gasteiger partial charge in [-0.05, 0) is 42.5 Å². The Hall–Kier alpha value is -1.81. The van der Waals surface area contributed by atoms with Crippen LogP contribution in [0.4, 0.5) is 10.1 Å². The Kier molecular flexibility index (Phi) is 5.50. The topological polar surface area (TPSA) is 92.8 Å². The molecule has 3 amide bonds. The molecule has 0 aromatic heterocycles. The summed E-state index contributed by atoms with van der Waals surface area (Å²) < 4.78 is 17.8. The maximum atomic E-state index is 12.9. The van der Waals surface area contributed by atoms with E-state index in [1.807, 2.05) is 0 Å². The van der Waals surface area contributed by atoms with Crippen LogP contribution in [0.25, 0.3) is 0 Å². The molecule has 2 aliphatic carbocycles. The minimum atomic E-state index is -0.834. The van der Waals surface area contributed by atoms with Crippen LogP contribution in [0.3, 0.4) is 0 Å². The second-order valence-corrected chi connectivity index (χ2v) is 9.60. The predicted molar refractivity (Wildman–Crippen MR) is 107 cm³/mol. The molecule has 1 aromatic rings. The van der Waals surface area contributed by atoms with E-state index < -0.39 is 42.7 Å². The number of amides is 3. The number of carbonyl (C=O) groups is 4. The fourth-order valence-electron chi connectivity index (χ4n) is 4.62. The Bertz CT molecular complexity index is 848. The van der Waals surface area contributed by atoms with Crippen LogP contribution >= 0.6 is 31.9 Å². The third kappa shape index (κ3) is 3.61. The van der Waals surface area contributed by atoms with E-state index >= 15 is 0 Å². The molecule has 4 rings (SSSR count). The largest absolute Gasteiger partial charge is 0.454 e. The number of nitrogens with one attached hydrogen (secondary N) is 1. The van der Waals surface area contributed by atoms with Gasteiger partial charge in [-0.15, -0.1) is 0 Å². The van der Waals surface area contributed by atoms with Gasteiger partial charge in [0.1, 0.15) is 12.4 Å². The number of imide groups is 1. The first-order chi connectivity index (χ1) is 13.8. The van der Waals surface area contributed by atoms with E-state index in [-0.39, 0.29) is 33.3 Å². The smallest absolute Gasteiger partial charge is 0.326 e. The van der Waals surface area contributed by atoms with Crippen LogP contribution in [-0.2, 0) is 23.9 Å². The van der Waals surface area contributed by atoms with Gasteiger partial charge >= 0.3 is 5.97 Å². The molecule has 1 saturated heterocycles. The van der Waals surface area contributed by atoms with Gasteiger partial charge in [-0.2, -0.15) is 0 Å². The van der Waals surface area contributed by atoms with Crippen LogP contribution in [0.2, 0.25) is 0 Å². The van der Waals surface area contributed by atoms with Crippen LogP contribution in [0.1, 0.15) is 6.42 Å². The number of nitrogens with zero attached hydrogens (tertiary/aromatic N) is 1. The van der Waals surface area contributed by atoms with Gasteiger partial charge in [-0.1, -0.05) is 31.9 Å². The van der Waals surface area contributed by atoms with Gasteiger partial charge < -0.3 is 10.1 Å². The number of hydrogen-bond donors (Lipinski definition) is 1. The van der Waals surface area contributed by atoms with E-state index in [9.17, 15) is 23.6 Å². The third-order valence-electron chi connectivity index (χ3n) is 5.86. The first-order valence-corrected chi connectivity index (χ1v) is 11.0. The number of likely N-dealkylation sites (tertiary alicyclic amines) is 1. The van der Waals surface area contributed by atoms with E-state index in [2.05, 4.69) is 37.2 Å². The molecule has 6 atom stereocenters. The molecule has 0 spiro atoms. The molecule has 3 aliphatic rings. The van der Waals surface area contributed by atoms with Crippen LogP contribution in [0.5, 0.6) is 0 Å². The highest BCUT2D eigenvalue weighted by atomic mass is 79.9. The Morgan fingerprint density at radius 1 is 1.07 bits per heavy atom. The van der Waals surface area contributed by atoms with Crippen molar-refractivity contribution in [3.8, 4) is 0 Å². The number of fused-ring (bicyclic) bond motifs is 5. The highest BCUT2D eigenvalue weighted by Gasteiger charge is 2.66. The molecular formula is C19H17Br2FN2O5. The number of halogens is 3. The summed E-state index contributed by atoms with van der Waals surface area (Å²) in [4.78, 5) is 50.6. The molecule has 0 radical (unpaired) electrons. The first kappa shape index (κ1) is 20.5. The number of hydrogen-bond acceptors (Lipinski definition) is 5. The lowest BCUT2D eigenvalue weighted by Crippen LogP contribution is -2.38. The Balaban J connectivity index is 1.31. The lowest BCUT2D eigenvalue weighted by molar-refractivity contribution is -0.154. The molecule has 2 saturated carbocycles. The fourth-order valence-corrected chi connectivity index (χ4v) is 6.49.